The molecular formula is C38H35Cl2N5O3S2. The highest BCUT2D eigenvalue weighted by Crippen LogP contribution is 2.46. The number of pyridine rings is 1. The number of carbonyl (C=O) groups is 2. The summed E-state index contributed by atoms with van der Waals surface area (Å²) in [6.45, 7) is 6.98. The van der Waals surface area contributed by atoms with E-state index in [4.69, 9.17) is 32.9 Å². The smallest absolute Gasteiger partial charge is 0.265 e. The second-order valence-electron chi connectivity index (χ2n) is 13.3. The van der Waals surface area contributed by atoms with Gasteiger partial charge in [-0.1, -0.05) is 29.3 Å². The van der Waals surface area contributed by atoms with Crippen LogP contribution in [-0.4, -0.2) is 49.6 Å². The molecule has 8 rings (SSSR count). The van der Waals surface area contributed by atoms with Crippen molar-refractivity contribution in [2.24, 2.45) is 5.41 Å². The summed E-state index contributed by atoms with van der Waals surface area (Å²) < 4.78 is 5.60. The first-order chi connectivity index (χ1) is 24.3. The first-order valence-corrected chi connectivity index (χ1v) is 19.1. The molecule has 3 aliphatic heterocycles. The summed E-state index contributed by atoms with van der Waals surface area (Å²) in [5.74, 6) is 0.727. The molecule has 6 heterocycles. The van der Waals surface area contributed by atoms with E-state index in [1.165, 1.54) is 16.9 Å². The molecular weight excluding hydrogens is 709 g/mol. The number of carbonyl (C=O) groups excluding carboxylic acids is 2. The summed E-state index contributed by atoms with van der Waals surface area (Å²) in [6.07, 6.45) is 4.81. The highest BCUT2D eigenvalue weighted by atomic mass is 35.5. The molecule has 1 spiro atoms. The lowest BCUT2D eigenvalue weighted by atomic mass is 9.73. The number of thiophene rings is 2. The minimum absolute atomic E-state index is 0.0531. The minimum atomic E-state index is -0.267. The van der Waals surface area contributed by atoms with E-state index in [0.29, 0.717) is 51.1 Å². The lowest BCUT2D eigenvalue weighted by Crippen LogP contribution is -2.59. The number of amides is 2. The zero-order chi connectivity index (χ0) is 34.4. The number of halogens is 2. The number of nitrogens with one attached hydrogen (secondary N) is 2. The van der Waals surface area contributed by atoms with Gasteiger partial charge in [0.1, 0.15) is 5.82 Å². The Morgan fingerprint density at radius 1 is 1.00 bits per heavy atom. The Labute approximate surface area is 309 Å². The van der Waals surface area contributed by atoms with Crippen molar-refractivity contribution in [3.8, 4) is 9.75 Å². The first kappa shape index (κ1) is 33.2. The zero-order valence-corrected chi connectivity index (χ0v) is 30.6. The summed E-state index contributed by atoms with van der Waals surface area (Å²) in [5.41, 5.74) is 6.52. The Balaban J connectivity index is 0.943. The number of aromatic nitrogens is 1. The summed E-state index contributed by atoms with van der Waals surface area (Å²) in [6, 6.07) is 18.9. The number of fused-ring (bicyclic) bond motifs is 3. The van der Waals surface area contributed by atoms with Gasteiger partial charge in [-0.25, -0.2) is 4.98 Å². The van der Waals surface area contributed by atoms with Gasteiger partial charge < -0.3 is 25.2 Å². The van der Waals surface area contributed by atoms with Gasteiger partial charge in [-0.05, 0) is 97.3 Å². The van der Waals surface area contributed by atoms with Crippen molar-refractivity contribution in [3.05, 3.63) is 109 Å². The lowest BCUT2D eigenvalue weighted by molar-refractivity contribution is -0.000505. The average molecular weight is 745 g/mol. The topological polar surface area (TPSA) is 86.8 Å². The second kappa shape index (κ2) is 13.7. The van der Waals surface area contributed by atoms with Gasteiger partial charge in [-0.15, -0.1) is 22.7 Å². The number of hydrogen-bond donors (Lipinski definition) is 2. The number of para-hydroxylation sites is 1. The van der Waals surface area contributed by atoms with Crippen molar-refractivity contribution in [2.75, 3.05) is 53.3 Å². The van der Waals surface area contributed by atoms with Gasteiger partial charge in [0, 0.05) is 67.8 Å². The number of nitrogens with zero attached hydrogens (tertiary/aromatic N) is 3. The molecule has 0 aliphatic carbocycles. The van der Waals surface area contributed by atoms with E-state index in [1.54, 1.807) is 29.5 Å². The molecule has 3 aromatic heterocycles. The Morgan fingerprint density at radius 2 is 1.76 bits per heavy atom. The number of aryl methyl sites for hydroxylation is 1. The second-order valence-corrected chi connectivity index (χ2v) is 16.0. The largest absolute Gasteiger partial charge is 0.381 e. The van der Waals surface area contributed by atoms with Crippen molar-refractivity contribution < 1.29 is 14.3 Å². The van der Waals surface area contributed by atoms with E-state index in [2.05, 4.69) is 28.5 Å². The number of anilines is 4. The molecule has 2 fully saturated rings. The highest BCUT2D eigenvalue weighted by Gasteiger charge is 2.44. The van der Waals surface area contributed by atoms with E-state index in [1.807, 2.05) is 52.9 Å². The van der Waals surface area contributed by atoms with Gasteiger partial charge >= 0.3 is 0 Å². The summed E-state index contributed by atoms with van der Waals surface area (Å²) in [5, 5.41) is 9.18. The third kappa shape index (κ3) is 6.39. The van der Waals surface area contributed by atoms with Crippen LogP contribution in [0.3, 0.4) is 0 Å². The molecule has 3 aliphatic rings. The van der Waals surface area contributed by atoms with E-state index >= 15 is 0 Å². The Kier molecular flexibility index (Phi) is 9.07. The van der Waals surface area contributed by atoms with E-state index in [9.17, 15) is 9.59 Å². The third-order valence-corrected chi connectivity index (χ3v) is 12.7. The predicted molar refractivity (Wildman–Crippen MR) is 205 cm³/mol. The van der Waals surface area contributed by atoms with Gasteiger partial charge in [-0.2, -0.15) is 0 Å². The van der Waals surface area contributed by atoms with Crippen molar-refractivity contribution in [2.45, 2.75) is 32.7 Å². The van der Waals surface area contributed by atoms with Crippen LogP contribution in [0.15, 0.2) is 72.2 Å². The van der Waals surface area contributed by atoms with Crippen LogP contribution in [0.1, 0.15) is 49.6 Å². The molecule has 5 aromatic rings. The van der Waals surface area contributed by atoms with Crippen LogP contribution >= 0.6 is 45.9 Å². The van der Waals surface area contributed by atoms with Gasteiger partial charge in [0.05, 0.1) is 36.1 Å². The maximum Gasteiger partial charge on any atom is 0.265 e. The molecule has 2 saturated heterocycles. The Morgan fingerprint density at radius 3 is 2.52 bits per heavy atom. The quantitative estimate of drug-likeness (QED) is 0.173. The predicted octanol–water partition coefficient (Wildman–Crippen LogP) is 9.17. The van der Waals surface area contributed by atoms with E-state index < -0.39 is 0 Å². The maximum absolute atomic E-state index is 13.9. The summed E-state index contributed by atoms with van der Waals surface area (Å²) in [4.78, 5) is 38.8. The standard InChI is InChI=1S/C38H35Cl2N5O3S2/c1-23-17-26(35(42-19-23)44-21-38(22-44)11-14-48-15-12-38)20-41-27-7-5-24(6-8-27)37(47)45-13-9-25-18-31(50-33(25)34-30(45)10-16-49-34)36(46)43-32-28(39)3-2-4-29(32)40/h2-8,10,16-19,41H,9,11-15,20-22H2,1H3,(H,43,46). The molecule has 0 unspecified atom stereocenters. The fourth-order valence-corrected chi connectivity index (χ4v) is 9.80. The molecule has 2 N–H and O–H groups in total. The zero-order valence-electron chi connectivity index (χ0n) is 27.4. The van der Waals surface area contributed by atoms with Crippen LogP contribution in [0.25, 0.3) is 9.75 Å². The molecule has 0 radical (unpaired) electrons. The maximum atomic E-state index is 13.9. The van der Waals surface area contributed by atoms with Crippen molar-refractivity contribution in [1.82, 2.24) is 4.98 Å². The molecule has 256 valence electrons. The van der Waals surface area contributed by atoms with Crippen LogP contribution < -0.4 is 20.4 Å². The van der Waals surface area contributed by atoms with Crippen LogP contribution in [0.2, 0.25) is 10.0 Å². The molecule has 12 heteroatoms. The number of hydrogen-bond acceptors (Lipinski definition) is 8. The van der Waals surface area contributed by atoms with Crippen molar-refractivity contribution in [1.29, 1.82) is 0 Å². The van der Waals surface area contributed by atoms with Gasteiger partial charge in [-0.3, -0.25) is 9.59 Å². The fraction of sp³-hybridized carbons (Fsp3) is 0.289. The lowest BCUT2D eigenvalue weighted by Gasteiger charge is -2.53. The molecule has 0 saturated carbocycles. The summed E-state index contributed by atoms with van der Waals surface area (Å²) in [7, 11) is 0. The SMILES string of the molecule is Cc1cnc(N2CC3(CCOCC3)C2)c(CNc2ccc(C(=O)N3CCc4cc(C(=O)Nc5c(Cl)cccc5Cl)sc4-c4sccc43)cc2)c1. The number of benzene rings is 2. The molecule has 0 bridgehead atoms. The first-order valence-electron chi connectivity index (χ1n) is 16.7. The van der Waals surface area contributed by atoms with E-state index in [0.717, 1.165) is 77.2 Å². The van der Waals surface area contributed by atoms with E-state index in [-0.39, 0.29) is 11.8 Å². The highest BCUT2D eigenvalue weighted by molar-refractivity contribution is 7.23. The fourth-order valence-electron chi connectivity index (χ4n) is 7.11. The molecule has 8 nitrogen and oxygen atoms in total. The Bertz CT molecular complexity index is 2060. The Hall–Kier alpha value is -3.93. The molecule has 2 amide bonds. The van der Waals surface area contributed by atoms with Gasteiger partial charge in [0.25, 0.3) is 11.8 Å². The van der Waals surface area contributed by atoms with Crippen LogP contribution in [0.5, 0.6) is 0 Å². The molecule has 0 atom stereocenters. The summed E-state index contributed by atoms with van der Waals surface area (Å²) >= 11 is 15.6. The van der Waals surface area contributed by atoms with Crippen LogP contribution in [0.4, 0.5) is 22.9 Å². The molecule has 50 heavy (non-hydrogen) atoms. The van der Waals surface area contributed by atoms with Crippen LogP contribution in [0, 0.1) is 12.3 Å². The van der Waals surface area contributed by atoms with Gasteiger partial charge in [0.15, 0.2) is 0 Å². The van der Waals surface area contributed by atoms with Crippen molar-refractivity contribution >= 4 is 80.6 Å². The molecule has 2 aromatic carbocycles. The monoisotopic (exact) mass is 743 g/mol. The third-order valence-electron chi connectivity index (χ3n) is 9.83. The number of rotatable bonds is 7. The minimum Gasteiger partial charge on any atom is -0.381 e. The van der Waals surface area contributed by atoms with Crippen LogP contribution in [-0.2, 0) is 17.7 Å². The van der Waals surface area contributed by atoms with Crippen molar-refractivity contribution in [3.63, 3.8) is 0 Å². The average Bonchev–Trinajstić information content (AvgIpc) is 3.74. The van der Waals surface area contributed by atoms with Gasteiger partial charge in [0.2, 0.25) is 0 Å². The normalized spacial score (nSPS) is 16.3. The number of ether oxygens (including phenoxy) is 1.